The average Bonchev–Trinajstić information content (AvgIpc) is 3.08. The predicted octanol–water partition coefficient (Wildman–Crippen LogP) is 4.33. The molecule has 1 aromatic carbocycles. The van der Waals surface area contributed by atoms with Crippen molar-refractivity contribution in [2.75, 3.05) is 0 Å². The molecule has 2 aliphatic rings. The van der Waals surface area contributed by atoms with Crippen molar-refractivity contribution < 1.29 is 8.78 Å². The summed E-state index contributed by atoms with van der Waals surface area (Å²) in [4.78, 5) is 4.28. The van der Waals surface area contributed by atoms with E-state index in [1.165, 1.54) is 6.07 Å². The Balaban J connectivity index is 1.72. The molecule has 0 radical (unpaired) electrons. The third-order valence-electron chi connectivity index (χ3n) is 3.78. The van der Waals surface area contributed by atoms with Crippen LogP contribution in [0.15, 0.2) is 23.4 Å². The van der Waals surface area contributed by atoms with Gasteiger partial charge < -0.3 is 0 Å². The number of aromatic nitrogens is 3. The van der Waals surface area contributed by atoms with E-state index in [1.54, 1.807) is 28.6 Å². The maximum absolute atomic E-state index is 14.2. The second-order valence-electron chi connectivity index (χ2n) is 5.38. The topological polar surface area (TPSA) is 30.7 Å². The third-order valence-corrected chi connectivity index (χ3v) is 5.37. The molecule has 1 aliphatic carbocycles. The van der Waals surface area contributed by atoms with Crippen LogP contribution in [0.5, 0.6) is 0 Å². The first-order chi connectivity index (χ1) is 10.1. The Morgan fingerprint density at radius 1 is 1.33 bits per heavy atom. The van der Waals surface area contributed by atoms with Crippen molar-refractivity contribution in [1.82, 2.24) is 14.8 Å². The highest BCUT2D eigenvalue weighted by Gasteiger charge is 2.37. The minimum absolute atomic E-state index is 0.0365. The number of benzene rings is 1. The normalized spacial score (nSPS) is 24.3. The Morgan fingerprint density at radius 3 is 2.90 bits per heavy atom. The van der Waals surface area contributed by atoms with Crippen LogP contribution in [0.25, 0.3) is 0 Å². The molecule has 0 amide bonds. The van der Waals surface area contributed by atoms with Crippen molar-refractivity contribution >= 4 is 23.4 Å². The molecule has 1 aliphatic heterocycles. The molecule has 0 bridgehead atoms. The lowest BCUT2D eigenvalue weighted by molar-refractivity contribution is 0.327. The molecule has 110 valence electrons. The van der Waals surface area contributed by atoms with E-state index in [2.05, 4.69) is 10.1 Å². The summed E-state index contributed by atoms with van der Waals surface area (Å²) < 4.78 is 29.4. The van der Waals surface area contributed by atoms with Gasteiger partial charge >= 0.3 is 0 Å². The summed E-state index contributed by atoms with van der Waals surface area (Å²) in [5.74, 6) is -0.172. The molecule has 1 fully saturated rings. The quantitative estimate of drug-likeness (QED) is 0.840. The first-order valence-electron chi connectivity index (χ1n) is 6.84. The van der Waals surface area contributed by atoms with Gasteiger partial charge in [-0.3, -0.25) is 0 Å². The van der Waals surface area contributed by atoms with Gasteiger partial charge in [-0.15, -0.1) is 5.10 Å². The fraction of sp³-hybridized carbons (Fsp3) is 0.429. The minimum Gasteiger partial charge on any atom is -0.239 e. The summed E-state index contributed by atoms with van der Waals surface area (Å²) in [6, 6.07) is 4.20. The lowest BCUT2D eigenvalue weighted by Crippen LogP contribution is -2.08. The van der Waals surface area contributed by atoms with Crippen LogP contribution in [-0.4, -0.2) is 20.0 Å². The molecule has 2 aromatic rings. The molecule has 2 heterocycles. The van der Waals surface area contributed by atoms with Crippen LogP contribution < -0.4 is 0 Å². The van der Waals surface area contributed by atoms with E-state index in [-0.39, 0.29) is 17.5 Å². The van der Waals surface area contributed by atoms with Crippen molar-refractivity contribution in [2.24, 2.45) is 0 Å². The van der Waals surface area contributed by atoms with Crippen LogP contribution in [0, 0.1) is 5.82 Å². The number of hydrogen-bond donors (Lipinski definition) is 0. The number of hydrogen-bond acceptors (Lipinski definition) is 3. The van der Waals surface area contributed by atoms with E-state index < -0.39 is 12.0 Å². The van der Waals surface area contributed by atoms with E-state index in [1.807, 2.05) is 0 Å². The van der Waals surface area contributed by atoms with Crippen molar-refractivity contribution in [3.63, 3.8) is 0 Å². The van der Waals surface area contributed by atoms with Crippen LogP contribution >= 0.6 is 23.4 Å². The van der Waals surface area contributed by atoms with Crippen molar-refractivity contribution in [3.05, 3.63) is 40.4 Å². The Bertz CT molecular complexity index is 702. The summed E-state index contributed by atoms with van der Waals surface area (Å²) in [7, 11) is 0. The largest absolute Gasteiger partial charge is 0.239 e. The van der Waals surface area contributed by atoms with Gasteiger partial charge in [0, 0.05) is 11.7 Å². The van der Waals surface area contributed by atoms with Gasteiger partial charge in [-0.05, 0) is 24.5 Å². The monoisotopic (exact) mass is 327 g/mol. The molecule has 0 N–H and O–H groups in total. The second-order valence-corrected chi connectivity index (χ2v) is 7.02. The molecule has 1 saturated carbocycles. The highest BCUT2D eigenvalue weighted by molar-refractivity contribution is 8.00. The standard InChI is InChI=1S/C14H12ClF2N3S/c15-12-8(2-1-3-9(12)16)11-6-10(17)13-18-14(19-20(11)13)21-7-4-5-7/h1-3,7,10-11H,4-6H2. The van der Waals surface area contributed by atoms with Gasteiger partial charge in [0.15, 0.2) is 12.0 Å². The minimum atomic E-state index is -1.18. The number of fused-ring (bicyclic) bond motifs is 1. The molecular formula is C14H12ClF2N3S. The first-order valence-corrected chi connectivity index (χ1v) is 8.10. The predicted molar refractivity (Wildman–Crippen MR) is 76.9 cm³/mol. The van der Waals surface area contributed by atoms with Gasteiger partial charge in [0.1, 0.15) is 5.82 Å². The van der Waals surface area contributed by atoms with Crippen molar-refractivity contribution in [1.29, 1.82) is 0 Å². The van der Waals surface area contributed by atoms with Gasteiger partial charge in [-0.25, -0.2) is 18.4 Å². The van der Waals surface area contributed by atoms with Crippen LogP contribution in [0.2, 0.25) is 5.02 Å². The third kappa shape index (κ3) is 2.34. The van der Waals surface area contributed by atoms with Gasteiger partial charge in [0.05, 0.1) is 11.1 Å². The lowest BCUT2D eigenvalue weighted by atomic mass is 10.0. The molecule has 1 aromatic heterocycles. The Kier molecular flexibility index (Phi) is 3.19. The SMILES string of the molecule is Fc1cccc(C2CC(F)c3nc(SC4CC4)nn32)c1Cl. The summed E-state index contributed by atoms with van der Waals surface area (Å²) in [6.07, 6.45) is 1.34. The maximum atomic E-state index is 14.2. The fourth-order valence-corrected chi connectivity index (χ4v) is 3.78. The van der Waals surface area contributed by atoms with E-state index in [4.69, 9.17) is 11.6 Å². The van der Waals surface area contributed by atoms with E-state index in [0.717, 1.165) is 12.8 Å². The zero-order chi connectivity index (χ0) is 14.6. The van der Waals surface area contributed by atoms with Gasteiger partial charge in [-0.1, -0.05) is 35.5 Å². The van der Waals surface area contributed by atoms with Crippen LogP contribution in [0.4, 0.5) is 8.78 Å². The maximum Gasteiger partial charge on any atom is 0.209 e. The molecule has 0 saturated heterocycles. The number of alkyl halides is 1. The number of halogens is 3. The molecular weight excluding hydrogens is 316 g/mol. The number of nitrogens with zero attached hydrogens (tertiary/aromatic N) is 3. The van der Waals surface area contributed by atoms with Crippen LogP contribution in [0.3, 0.4) is 0 Å². The second kappa shape index (κ2) is 4.95. The van der Waals surface area contributed by atoms with Crippen molar-refractivity contribution in [2.45, 2.75) is 41.9 Å². The molecule has 2 unspecified atom stereocenters. The Morgan fingerprint density at radius 2 is 2.14 bits per heavy atom. The summed E-state index contributed by atoms with van der Waals surface area (Å²) in [5.41, 5.74) is 0.561. The smallest absolute Gasteiger partial charge is 0.209 e. The average molecular weight is 328 g/mol. The molecule has 4 rings (SSSR count). The van der Waals surface area contributed by atoms with Crippen LogP contribution in [-0.2, 0) is 0 Å². The van der Waals surface area contributed by atoms with Gasteiger partial charge in [0.25, 0.3) is 0 Å². The lowest BCUT2D eigenvalue weighted by Gasteiger charge is -2.13. The summed E-state index contributed by atoms with van der Waals surface area (Å²) >= 11 is 7.61. The summed E-state index contributed by atoms with van der Waals surface area (Å²) in [6.45, 7) is 0. The fourth-order valence-electron chi connectivity index (χ4n) is 2.58. The highest BCUT2D eigenvalue weighted by Crippen LogP contribution is 2.44. The summed E-state index contributed by atoms with van der Waals surface area (Å²) in [5, 5.41) is 5.60. The zero-order valence-electron chi connectivity index (χ0n) is 11.0. The molecule has 21 heavy (non-hydrogen) atoms. The molecule has 2 atom stereocenters. The Hall–Kier alpha value is -1.14. The first kappa shape index (κ1) is 13.5. The van der Waals surface area contributed by atoms with Gasteiger partial charge in [-0.2, -0.15) is 0 Å². The molecule has 0 spiro atoms. The van der Waals surface area contributed by atoms with Crippen LogP contribution in [0.1, 0.15) is 42.9 Å². The van der Waals surface area contributed by atoms with E-state index >= 15 is 0 Å². The van der Waals surface area contributed by atoms with Crippen molar-refractivity contribution in [3.8, 4) is 0 Å². The van der Waals surface area contributed by atoms with E-state index in [0.29, 0.717) is 21.8 Å². The number of thioether (sulfide) groups is 1. The zero-order valence-corrected chi connectivity index (χ0v) is 12.5. The Labute approximate surface area is 129 Å². The van der Waals surface area contributed by atoms with Gasteiger partial charge in [0.2, 0.25) is 5.16 Å². The van der Waals surface area contributed by atoms with E-state index in [9.17, 15) is 8.78 Å². The number of rotatable bonds is 3. The molecule has 3 nitrogen and oxygen atoms in total. The molecule has 7 heteroatoms. The highest BCUT2D eigenvalue weighted by atomic mass is 35.5.